The summed E-state index contributed by atoms with van der Waals surface area (Å²) < 4.78 is 5.83. The number of nitrogens with zero attached hydrogens (tertiary/aromatic N) is 5. The average Bonchev–Trinajstić information content (AvgIpc) is 2.72. The van der Waals surface area contributed by atoms with Gasteiger partial charge >= 0.3 is 0 Å². The van der Waals surface area contributed by atoms with Crippen LogP contribution >= 0.6 is 0 Å². The quantitative estimate of drug-likeness (QED) is 0.742. The van der Waals surface area contributed by atoms with Crippen molar-refractivity contribution in [1.29, 1.82) is 0 Å². The van der Waals surface area contributed by atoms with E-state index in [-0.39, 0.29) is 24.5 Å². The molecule has 2 amide bonds. The Morgan fingerprint density at radius 3 is 2.34 bits per heavy atom. The Bertz CT molecular complexity index is 835. The van der Waals surface area contributed by atoms with Gasteiger partial charge in [0.05, 0.1) is 11.8 Å². The summed E-state index contributed by atoms with van der Waals surface area (Å²) in [6.07, 6.45) is 3.39. The van der Waals surface area contributed by atoms with Crippen molar-refractivity contribution in [2.75, 3.05) is 42.5 Å². The summed E-state index contributed by atoms with van der Waals surface area (Å²) in [7, 11) is 0. The van der Waals surface area contributed by atoms with E-state index >= 15 is 0 Å². The number of hydrogen-bond acceptors (Lipinski definition) is 6. The monoisotopic (exact) mass is 397 g/mol. The summed E-state index contributed by atoms with van der Waals surface area (Å²) in [6.45, 7) is 7.73. The molecule has 0 spiro atoms. The highest BCUT2D eigenvalue weighted by Crippen LogP contribution is 2.29. The Labute approximate surface area is 171 Å². The minimum atomic E-state index is -0.200. The van der Waals surface area contributed by atoms with E-state index in [1.165, 1.54) is 11.8 Å². The lowest BCUT2D eigenvalue weighted by molar-refractivity contribution is -0.131. The molecule has 1 aliphatic heterocycles. The lowest BCUT2D eigenvalue weighted by atomic mass is 10.2. The molecule has 8 nitrogen and oxygen atoms in total. The van der Waals surface area contributed by atoms with E-state index in [0.717, 1.165) is 0 Å². The van der Waals surface area contributed by atoms with Gasteiger partial charge in [-0.3, -0.25) is 14.5 Å². The van der Waals surface area contributed by atoms with E-state index in [1.54, 1.807) is 29.4 Å². The van der Waals surface area contributed by atoms with E-state index in [1.807, 2.05) is 32.0 Å². The van der Waals surface area contributed by atoms with Crippen molar-refractivity contribution < 1.29 is 14.3 Å². The fourth-order valence-electron chi connectivity index (χ4n) is 3.25. The summed E-state index contributed by atoms with van der Waals surface area (Å²) in [4.78, 5) is 39.1. The van der Waals surface area contributed by atoms with Crippen LogP contribution in [0.5, 0.6) is 5.75 Å². The zero-order valence-electron chi connectivity index (χ0n) is 17.1. The SMILES string of the molecule is CC(=O)N(CC(=O)N1CCN(c2ncccn2)CC1)c1ccccc1OC(C)C. The van der Waals surface area contributed by atoms with Crippen LogP contribution in [-0.2, 0) is 9.59 Å². The standard InChI is InChI=1S/C21H27N5O3/c1-16(2)29-19-8-5-4-7-18(19)26(17(3)27)15-20(28)24-11-13-25(14-12-24)21-22-9-6-10-23-21/h4-10,16H,11-15H2,1-3H3. The van der Waals surface area contributed by atoms with Crippen LogP contribution in [0.15, 0.2) is 42.7 Å². The first-order chi connectivity index (χ1) is 14.0. The summed E-state index contributed by atoms with van der Waals surface area (Å²) in [6, 6.07) is 9.08. The number of para-hydroxylation sites is 2. The molecular formula is C21H27N5O3. The largest absolute Gasteiger partial charge is 0.489 e. The first-order valence-electron chi connectivity index (χ1n) is 9.79. The summed E-state index contributed by atoms with van der Waals surface area (Å²) in [5.41, 5.74) is 0.610. The van der Waals surface area contributed by atoms with Crippen LogP contribution in [0.1, 0.15) is 20.8 Å². The molecule has 1 aliphatic rings. The first-order valence-corrected chi connectivity index (χ1v) is 9.79. The molecule has 0 aliphatic carbocycles. The van der Waals surface area contributed by atoms with Crippen molar-refractivity contribution in [2.24, 2.45) is 0 Å². The number of amides is 2. The predicted octanol–water partition coefficient (Wildman–Crippen LogP) is 1.97. The Morgan fingerprint density at radius 1 is 1.07 bits per heavy atom. The normalized spacial score (nSPS) is 14.1. The van der Waals surface area contributed by atoms with Crippen LogP contribution in [0.3, 0.4) is 0 Å². The van der Waals surface area contributed by atoms with E-state index < -0.39 is 0 Å². The molecule has 1 fully saturated rings. The second kappa shape index (κ2) is 9.36. The molecule has 0 atom stereocenters. The number of ether oxygens (including phenoxy) is 1. The third-order valence-corrected chi connectivity index (χ3v) is 4.66. The maximum absolute atomic E-state index is 12.9. The van der Waals surface area contributed by atoms with Gasteiger partial charge in [-0.25, -0.2) is 9.97 Å². The smallest absolute Gasteiger partial charge is 0.242 e. The van der Waals surface area contributed by atoms with Gasteiger partial charge in [-0.2, -0.15) is 0 Å². The molecule has 29 heavy (non-hydrogen) atoms. The highest BCUT2D eigenvalue weighted by molar-refractivity contribution is 5.98. The van der Waals surface area contributed by atoms with E-state index in [4.69, 9.17) is 4.74 Å². The third kappa shape index (κ3) is 5.22. The van der Waals surface area contributed by atoms with Crippen molar-refractivity contribution in [3.63, 3.8) is 0 Å². The molecule has 2 aromatic rings. The van der Waals surface area contributed by atoms with Crippen molar-refractivity contribution in [3.8, 4) is 5.75 Å². The fourth-order valence-corrected chi connectivity index (χ4v) is 3.25. The Balaban J connectivity index is 1.66. The topological polar surface area (TPSA) is 78.9 Å². The number of anilines is 2. The molecule has 1 aromatic carbocycles. The van der Waals surface area contributed by atoms with E-state index in [9.17, 15) is 9.59 Å². The molecule has 1 saturated heterocycles. The molecule has 2 heterocycles. The van der Waals surface area contributed by atoms with Crippen molar-refractivity contribution in [1.82, 2.24) is 14.9 Å². The number of rotatable bonds is 6. The number of aromatic nitrogens is 2. The van der Waals surface area contributed by atoms with E-state index in [0.29, 0.717) is 43.6 Å². The van der Waals surface area contributed by atoms with Gasteiger partial charge in [0, 0.05) is 45.5 Å². The molecule has 0 bridgehead atoms. The zero-order valence-corrected chi connectivity index (χ0v) is 17.1. The van der Waals surface area contributed by atoms with Gasteiger partial charge in [0.15, 0.2) is 0 Å². The van der Waals surface area contributed by atoms with Gasteiger partial charge in [0.1, 0.15) is 12.3 Å². The van der Waals surface area contributed by atoms with Crippen molar-refractivity contribution >= 4 is 23.5 Å². The third-order valence-electron chi connectivity index (χ3n) is 4.66. The predicted molar refractivity (Wildman–Crippen MR) is 111 cm³/mol. The van der Waals surface area contributed by atoms with Gasteiger partial charge in [-0.15, -0.1) is 0 Å². The lowest BCUT2D eigenvalue weighted by Crippen LogP contribution is -2.52. The zero-order chi connectivity index (χ0) is 20.8. The summed E-state index contributed by atoms with van der Waals surface area (Å²) in [5.74, 6) is 0.976. The molecular weight excluding hydrogens is 370 g/mol. The second-order valence-electron chi connectivity index (χ2n) is 7.16. The van der Waals surface area contributed by atoms with Crippen LogP contribution in [0.4, 0.5) is 11.6 Å². The van der Waals surface area contributed by atoms with Gasteiger partial charge in [-0.1, -0.05) is 12.1 Å². The van der Waals surface area contributed by atoms with Crippen LogP contribution in [0, 0.1) is 0 Å². The number of benzene rings is 1. The molecule has 3 rings (SSSR count). The summed E-state index contributed by atoms with van der Waals surface area (Å²) >= 11 is 0. The summed E-state index contributed by atoms with van der Waals surface area (Å²) in [5, 5.41) is 0. The van der Waals surface area contributed by atoms with Gasteiger partial charge in [-0.05, 0) is 32.0 Å². The Kier molecular flexibility index (Phi) is 6.64. The molecule has 0 saturated carbocycles. The van der Waals surface area contributed by atoms with Crippen LogP contribution in [0.2, 0.25) is 0 Å². The van der Waals surface area contributed by atoms with Crippen LogP contribution in [0.25, 0.3) is 0 Å². The van der Waals surface area contributed by atoms with Crippen LogP contribution in [-0.4, -0.2) is 65.5 Å². The molecule has 154 valence electrons. The average molecular weight is 397 g/mol. The maximum atomic E-state index is 12.9. The first kappa shape index (κ1) is 20.6. The minimum Gasteiger partial charge on any atom is -0.489 e. The number of carbonyl (C=O) groups excluding carboxylic acids is 2. The molecule has 8 heteroatoms. The van der Waals surface area contributed by atoms with Crippen molar-refractivity contribution in [3.05, 3.63) is 42.7 Å². The Hall–Kier alpha value is -3.16. The number of carbonyl (C=O) groups is 2. The minimum absolute atomic E-state index is 0.0182. The number of hydrogen-bond donors (Lipinski definition) is 0. The van der Waals surface area contributed by atoms with Gasteiger partial charge in [0.2, 0.25) is 17.8 Å². The highest BCUT2D eigenvalue weighted by Gasteiger charge is 2.26. The van der Waals surface area contributed by atoms with Crippen molar-refractivity contribution in [2.45, 2.75) is 26.9 Å². The molecule has 0 N–H and O–H groups in total. The van der Waals surface area contributed by atoms with Crippen LogP contribution < -0.4 is 14.5 Å². The fraction of sp³-hybridized carbons (Fsp3) is 0.429. The lowest BCUT2D eigenvalue weighted by Gasteiger charge is -2.35. The molecule has 0 unspecified atom stereocenters. The maximum Gasteiger partial charge on any atom is 0.242 e. The number of piperazine rings is 1. The van der Waals surface area contributed by atoms with Gasteiger partial charge < -0.3 is 14.5 Å². The second-order valence-corrected chi connectivity index (χ2v) is 7.16. The molecule has 1 aromatic heterocycles. The van der Waals surface area contributed by atoms with Gasteiger partial charge in [0.25, 0.3) is 0 Å². The Morgan fingerprint density at radius 2 is 1.72 bits per heavy atom. The highest BCUT2D eigenvalue weighted by atomic mass is 16.5. The molecule has 0 radical (unpaired) electrons. The van der Waals surface area contributed by atoms with E-state index in [2.05, 4.69) is 14.9 Å².